The number of rotatable bonds is 0. The molecule has 0 fully saturated rings. The van der Waals surface area contributed by atoms with Gasteiger partial charge in [0.05, 0.1) is 0 Å². The van der Waals surface area contributed by atoms with Crippen molar-refractivity contribution in [1.82, 2.24) is 5.32 Å². The second-order valence-electron chi connectivity index (χ2n) is 2.63. The maximum Gasteiger partial charge on any atom is 0.234 e. The third-order valence-electron chi connectivity index (χ3n) is 1.94. The minimum atomic E-state index is 1.02. The Morgan fingerprint density at radius 2 is 2.20 bits per heavy atom. The third kappa shape index (κ3) is 0.856. The highest BCUT2D eigenvalue weighted by Crippen LogP contribution is 2.15. The van der Waals surface area contributed by atoms with Crippen molar-refractivity contribution in [2.24, 2.45) is 0 Å². The Hall–Kier alpha value is -1.05. The fourth-order valence-corrected chi connectivity index (χ4v) is 1.35. The van der Waals surface area contributed by atoms with Gasteiger partial charge in [0.1, 0.15) is 12.2 Å². The summed E-state index contributed by atoms with van der Waals surface area (Å²) in [5, 5.41) is 3.21. The molecule has 0 bridgehead atoms. The summed E-state index contributed by atoms with van der Waals surface area (Å²) in [6.07, 6.45) is 8.55. The predicted molar refractivity (Wildman–Crippen MR) is 40.4 cm³/mol. The summed E-state index contributed by atoms with van der Waals surface area (Å²) in [5.74, 6) is 0. The van der Waals surface area contributed by atoms with Crippen molar-refractivity contribution in [3.05, 3.63) is 23.4 Å². The zero-order chi connectivity index (χ0) is 6.81. The van der Waals surface area contributed by atoms with Crippen molar-refractivity contribution in [3.8, 4) is 0 Å². The van der Waals surface area contributed by atoms with Gasteiger partial charge in [-0.05, 0) is 6.42 Å². The van der Waals surface area contributed by atoms with Gasteiger partial charge in [-0.2, -0.15) is 0 Å². The Kier molecular flexibility index (Phi) is 1.31. The topological polar surface area (TPSA) is 26.0 Å². The first-order valence-electron chi connectivity index (χ1n) is 3.64. The van der Waals surface area contributed by atoms with Crippen molar-refractivity contribution < 1.29 is 4.99 Å². The van der Waals surface area contributed by atoms with E-state index in [1.165, 1.54) is 11.3 Å². The van der Waals surface area contributed by atoms with Gasteiger partial charge in [-0.3, -0.25) is 10.3 Å². The highest BCUT2D eigenvalue weighted by Gasteiger charge is 2.13. The van der Waals surface area contributed by atoms with Gasteiger partial charge in [-0.1, -0.05) is 12.2 Å². The van der Waals surface area contributed by atoms with E-state index in [1.807, 2.05) is 6.34 Å². The van der Waals surface area contributed by atoms with Gasteiger partial charge in [0.2, 0.25) is 6.34 Å². The lowest BCUT2D eigenvalue weighted by molar-refractivity contribution is -0.446. The van der Waals surface area contributed by atoms with Crippen LogP contribution >= 0.6 is 0 Å². The fourth-order valence-electron chi connectivity index (χ4n) is 1.35. The molecule has 2 aliphatic rings. The number of hydrogen-bond donors (Lipinski definition) is 2. The van der Waals surface area contributed by atoms with Crippen LogP contribution in [0.15, 0.2) is 23.4 Å². The Morgan fingerprint density at radius 1 is 1.30 bits per heavy atom. The van der Waals surface area contributed by atoms with Crippen LogP contribution in [0.2, 0.25) is 0 Å². The third-order valence-corrected chi connectivity index (χ3v) is 1.94. The Morgan fingerprint density at radius 3 is 3.10 bits per heavy atom. The molecule has 2 nitrogen and oxygen atoms in total. The van der Waals surface area contributed by atoms with Crippen LogP contribution < -0.4 is 10.3 Å². The normalized spacial score (nSPS) is 22.4. The largest absolute Gasteiger partial charge is 0.277 e. The van der Waals surface area contributed by atoms with Crippen LogP contribution in [0.1, 0.15) is 12.8 Å². The maximum absolute atomic E-state index is 3.21. The molecule has 1 aliphatic carbocycles. The van der Waals surface area contributed by atoms with E-state index >= 15 is 0 Å². The van der Waals surface area contributed by atoms with Crippen LogP contribution in [-0.2, 0) is 0 Å². The molecule has 2 N–H and O–H groups in total. The Labute approximate surface area is 60.3 Å². The number of allylic oxidation sites excluding steroid dienone is 2. The summed E-state index contributed by atoms with van der Waals surface area (Å²) in [6, 6.07) is 0. The summed E-state index contributed by atoms with van der Waals surface area (Å²) in [4.78, 5) is 3.16. The van der Waals surface area contributed by atoms with Crippen LogP contribution in [0, 0.1) is 0 Å². The highest BCUT2D eigenvalue weighted by atomic mass is 15.0. The molecule has 1 aliphatic heterocycles. The standard InChI is InChI=1S/C8H10N2/c1-2-4-8-7(3-1)5-9-6-10-8/h1-2,6H,3-5H2,(H,9,10)/p+1. The van der Waals surface area contributed by atoms with E-state index in [4.69, 9.17) is 0 Å². The van der Waals surface area contributed by atoms with Gasteiger partial charge in [0.25, 0.3) is 0 Å². The van der Waals surface area contributed by atoms with E-state index < -0.39 is 0 Å². The van der Waals surface area contributed by atoms with Crippen LogP contribution in [0.5, 0.6) is 0 Å². The minimum Gasteiger partial charge on any atom is -0.277 e. The van der Waals surface area contributed by atoms with Gasteiger partial charge in [-0.15, -0.1) is 0 Å². The average molecular weight is 135 g/mol. The van der Waals surface area contributed by atoms with Crippen LogP contribution in [0.4, 0.5) is 0 Å². The molecule has 0 spiro atoms. The van der Waals surface area contributed by atoms with Crippen LogP contribution in [-0.4, -0.2) is 12.9 Å². The monoisotopic (exact) mass is 135 g/mol. The molecule has 1 heterocycles. The molecular weight excluding hydrogens is 124 g/mol. The van der Waals surface area contributed by atoms with E-state index in [-0.39, 0.29) is 0 Å². The first kappa shape index (κ1) is 5.71. The lowest BCUT2D eigenvalue weighted by atomic mass is 10.0. The van der Waals surface area contributed by atoms with E-state index in [0.29, 0.717) is 0 Å². The summed E-state index contributed by atoms with van der Waals surface area (Å²) in [6.45, 7) is 1.02. The molecule has 10 heavy (non-hydrogen) atoms. The molecule has 0 radical (unpaired) electrons. The van der Waals surface area contributed by atoms with E-state index in [9.17, 15) is 0 Å². The number of nitrogens with one attached hydrogen (secondary N) is 2. The van der Waals surface area contributed by atoms with Gasteiger partial charge >= 0.3 is 0 Å². The summed E-state index contributed by atoms with van der Waals surface area (Å²) in [7, 11) is 0. The molecule has 0 aromatic rings. The first-order valence-corrected chi connectivity index (χ1v) is 3.64. The van der Waals surface area contributed by atoms with Crippen LogP contribution in [0.3, 0.4) is 0 Å². The molecule has 52 valence electrons. The Bertz CT molecular complexity index is 179. The first-order chi connectivity index (χ1) is 4.97. The average Bonchev–Trinajstić information content (AvgIpc) is 2.05. The lowest BCUT2D eigenvalue weighted by Crippen LogP contribution is -2.73. The van der Waals surface area contributed by atoms with Crippen molar-refractivity contribution >= 4 is 6.34 Å². The van der Waals surface area contributed by atoms with E-state index in [0.717, 1.165) is 19.4 Å². The van der Waals surface area contributed by atoms with Gasteiger partial charge in [-0.25, -0.2) is 0 Å². The van der Waals surface area contributed by atoms with Crippen molar-refractivity contribution in [1.29, 1.82) is 0 Å². The molecule has 0 saturated carbocycles. The highest BCUT2D eigenvalue weighted by molar-refractivity contribution is 5.53. The van der Waals surface area contributed by atoms with Gasteiger partial charge in [0.15, 0.2) is 0 Å². The second kappa shape index (κ2) is 2.29. The number of hydrogen-bond acceptors (Lipinski definition) is 1. The maximum atomic E-state index is 3.21. The molecule has 2 heteroatoms. The molecule has 0 saturated heterocycles. The minimum absolute atomic E-state index is 1.02. The second-order valence-corrected chi connectivity index (χ2v) is 2.63. The predicted octanol–water partition coefficient (Wildman–Crippen LogP) is -0.697. The Balaban J connectivity index is 2.19. The zero-order valence-corrected chi connectivity index (χ0v) is 5.85. The van der Waals surface area contributed by atoms with E-state index in [2.05, 4.69) is 22.5 Å². The zero-order valence-electron chi connectivity index (χ0n) is 5.85. The van der Waals surface area contributed by atoms with E-state index in [1.54, 1.807) is 0 Å². The van der Waals surface area contributed by atoms with Crippen molar-refractivity contribution in [2.75, 3.05) is 6.54 Å². The molecule has 0 aromatic heterocycles. The summed E-state index contributed by atoms with van der Waals surface area (Å²) >= 11 is 0. The fraction of sp³-hybridized carbons (Fsp3) is 0.375. The molecular formula is C8H11N2+. The molecule has 0 amide bonds. The lowest BCUT2D eigenvalue weighted by Gasteiger charge is -2.12. The van der Waals surface area contributed by atoms with Gasteiger partial charge < -0.3 is 0 Å². The summed E-state index contributed by atoms with van der Waals surface area (Å²) in [5.41, 5.74) is 2.89. The smallest absolute Gasteiger partial charge is 0.234 e. The molecule has 2 rings (SSSR count). The molecule has 0 aromatic carbocycles. The van der Waals surface area contributed by atoms with Crippen molar-refractivity contribution in [3.63, 3.8) is 0 Å². The van der Waals surface area contributed by atoms with Gasteiger partial charge in [0, 0.05) is 12.0 Å². The van der Waals surface area contributed by atoms with Crippen molar-refractivity contribution in [2.45, 2.75) is 12.8 Å². The van der Waals surface area contributed by atoms with Crippen LogP contribution in [0.25, 0.3) is 0 Å². The SMILES string of the molecule is C1=CCC2=C(C1)C[NH+]=CN2. The molecule has 0 unspecified atom stereocenters. The quantitative estimate of drug-likeness (QED) is 0.422. The summed E-state index contributed by atoms with van der Waals surface area (Å²) < 4.78 is 0. The molecule has 0 atom stereocenters.